The van der Waals surface area contributed by atoms with Crippen molar-refractivity contribution >= 4 is 12.0 Å². The normalized spacial score (nSPS) is 14.5. The quantitative estimate of drug-likeness (QED) is 0.326. The fourth-order valence-corrected chi connectivity index (χ4v) is 0.451. The summed E-state index contributed by atoms with van der Waals surface area (Å²) in [6.45, 7) is 1.31. The van der Waals surface area contributed by atoms with Gasteiger partial charge in [-0.1, -0.05) is 0 Å². The van der Waals surface area contributed by atoms with Gasteiger partial charge in [-0.3, -0.25) is 0 Å². The zero-order chi connectivity index (χ0) is 8.91. The Morgan fingerprint density at radius 2 is 2.09 bits per heavy atom. The third kappa shape index (κ3) is 2.14. The minimum absolute atomic E-state index is 0.733. The van der Waals surface area contributed by atoms with Crippen molar-refractivity contribution in [3.8, 4) is 0 Å². The monoisotopic (exact) mass is 159 g/mol. The molecule has 11 heavy (non-hydrogen) atoms. The highest BCUT2D eigenvalue weighted by atomic mass is 16.6. The predicted molar refractivity (Wildman–Crippen MR) is 35.6 cm³/mol. The fraction of sp³-hybridized carbons (Fsp3) is 0.667. The molecular formula is C6H9NO4. The largest absolute Gasteiger partial charge is 0.465 e. The molecule has 0 aromatic rings. The molecular weight excluding hydrogens is 150 g/mol. The van der Waals surface area contributed by atoms with Crippen LogP contribution in [0.25, 0.3) is 0 Å². The second kappa shape index (κ2) is 3.85. The molecule has 0 saturated heterocycles. The number of nitrogens with zero attached hydrogens (tertiary/aromatic N) is 1. The molecule has 0 aromatic carbocycles. The van der Waals surface area contributed by atoms with Crippen molar-refractivity contribution < 1.29 is 19.1 Å². The van der Waals surface area contributed by atoms with E-state index in [4.69, 9.17) is 0 Å². The summed E-state index contributed by atoms with van der Waals surface area (Å²) < 4.78 is 8.95. The highest BCUT2D eigenvalue weighted by Crippen LogP contribution is 2.11. The summed E-state index contributed by atoms with van der Waals surface area (Å²) in [4.78, 5) is 23.8. The molecule has 62 valence electrons. The van der Waals surface area contributed by atoms with E-state index in [1.165, 1.54) is 27.2 Å². The van der Waals surface area contributed by atoms with E-state index in [-0.39, 0.29) is 0 Å². The lowest BCUT2D eigenvalue weighted by Gasteiger charge is -2.17. The van der Waals surface area contributed by atoms with Gasteiger partial charge < -0.3 is 9.47 Å². The third-order valence-corrected chi connectivity index (χ3v) is 1.22. The average Bonchev–Trinajstić information content (AvgIpc) is 2.03. The maximum absolute atomic E-state index is 10.8. The topological polar surface area (TPSA) is 65.0 Å². The molecule has 0 radical (unpaired) electrons. The number of hydrogen-bond donors (Lipinski definition) is 0. The molecule has 0 aliphatic carbocycles. The number of carbonyl (C=O) groups is 1. The number of rotatable bonds is 3. The van der Waals surface area contributed by atoms with Gasteiger partial charge in [0.25, 0.3) is 5.72 Å². The van der Waals surface area contributed by atoms with Crippen LogP contribution in [-0.4, -0.2) is 32.0 Å². The van der Waals surface area contributed by atoms with Gasteiger partial charge in [0.1, 0.15) is 0 Å². The van der Waals surface area contributed by atoms with Crippen LogP contribution >= 0.6 is 0 Å². The van der Waals surface area contributed by atoms with E-state index in [0.717, 1.165) is 0 Å². The van der Waals surface area contributed by atoms with Gasteiger partial charge in [0, 0.05) is 7.11 Å². The third-order valence-electron chi connectivity index (χ3n) is 1.22. The van der Waals surface area contributed by atoms with Crippen molar-refractivity contribution in [2.45, 2.75) is 12.6 Å². The van der Waals surface area contributed by atoms with E-state index in [1.54, 1.807) is 0 Å². The van der Waals surface area contributed by atoms with Crippen molar-refractivity contribution in [1.29, 1.82) is 0 Å². The molecule has 0 aliphatic rings. The summed E-state index contributed by atoms with van der Waals surface area (Å²) in [7, 11) is 2.43. The summed E-state index contributed by atoms with van der Waals surface area (Å²) in [6, 6.07) is 0. The molecule has 1 atom stereocenters. The van der Waals surface area contributed by atoms with Crippen molar-refractivity contribution in [2.75, 3.05) is 14.2 Å². The van der Waals surface area contributed by atoms with Crippen LogP contribution in [0.3, 0.4) is 0 Å². The fourth-order valence-electron chi connectivity index (χ4n) is 0.451. The first-order chi connectivity index (χ1) is 5.10. The number of esters is 1. The number of hydrogen-bond acceptors (Lipinski definition) is 5. The molecule has 0 heterocycles. The Bertz CT molecular complexity index is 197. The van der Waals surface area contributed by atoms with Crippen LogP contribution in [-0.2, 0) is 19.1 Å². The molecule has 0 rings (SSSR count). The van der Waals surface area contributed by atoms with Crippen LogP contribution in [0.1, 0.15) is 6.92 Å². The van der Waals surface area contributed by atoms with E-state index < -0.39 is 11.7 Å². The lowest BCUT2D eigenvalue weighted by Crippen LogP contribution is -2.36. The summed E-state index contributed by atoms with van der Waals surface area (Å²) in [6.07, 6.45) is 1.22. The lowest BCUT2D eigenvalue weighted by atomic mass is 10.3. The first-order valence-corrected chi connectivity index (χ1v) is 2.83. The van der Waals surface area contributed by atoms with Crippen molar-refractivity contribution in [2.24, 2.45) is 4.99 Å². The van der Waals surface area contributed by atoms with Gasteiger partial charge >= 0.3 is 5.97 Å². The Labute approximate surface area is 64.0 Å². The first kappa shape index (κ1) is 9.81. The summed E-state index contributed by atoms with van der Waals surface area (Å²) in [5, 5.41) is 0. The van der Waals surface area contributed by atoms with E-state index in [2.05, 4.69) is 14.5 Å². The molecule has 0 fully saturated rings. The second-order valence-corrected chi connectivity index (χ2v) is 1.88. The summed E-state index contributed by atoms with van der Waals surface area (Å²) in [5.74, 6) is -0.733. The maximum atomic E-state index is 10.8. The van der Waals surface area contributed by atoms with Crippen LogP contribution in [0.2, 0.25) is 0 Å². The van der Waals surface area contributed by atoms with Crippen molar-refractivity contribution in [3.05, 3.63) is 0 Å². The minimum Gasteiger partial charge on any atom is -0.465 e. The maximum Gasteiger partial charge on any atom is 0.361 e. The molecule has 5 heteroatoms. The smallest absolute Gasteiger partial charge is 0.361 e. The van der Waals surface area contributed by atoms with Gasteiger partial charge in [-0.15, -0.1) is 0 Å². The minimum atomic E-state index is -1.56. The number of aliphatic imine (C=N–C) groups is 1. The Kier molecular flexibility index (Phi) is 3.44. The van der Waals surface area contributed by atoms with Crippen LogP contribution < -0.4 is 0 Å². The number of carbonyl (C=O) groups excluding carboxylic acids is 2. The second-order valence-electron chi connectivity index (χ2n) is 1.88. The standard InChI is InChI=1S/C6H9NO4/c1-6(11-3,7-4-8)5(9)10-2/h1-3H3/t6-/m1/s1. The van der Waals surface area contributed by atoms with Gasteiger partial charge in [0.05, 0.1) is 7.11 Å². The highest BCUT2D eigenvalue weighted by molar-refractivity contribution is 5.79. The average molecular weight is 159 g/mol. The van der Waals surface area contributed by atoms with Crippen molar-refractivity contribution in [1.82, 2.24) is 0 Å². The Balaban J connectivity index is 4.58. The van der Waals surface area contributed by atoms with E-state index >= 15 is 0 Å². The highest BCUT2D eigenvalue weighted by Gasteiger charge is 2.33. The SMILES string of the molecule is COC(=O)[C@](C)(N=C=O)OC. The van der Waals surface area contributed by atoms with Gasteiger partial charge in [-0.05, 0) is 6.92 Å². The number of ether oxygens (including phenoxy) is 2. The number of isocyanates is 1. The van der Waals surface area contributed by atoms with Crippen molar-refractivity contribution in [3.63, 3.8) is 0 Å². The van der Waals surface area contributed by atoms with Crippen LogP contribution in [0, 0.1) is 0 Å². The summed E-state index contributed by atoms with van der Waals surface area (Å²) >= 11 is 0. The van der Waals surface area contributed by atoms with E-state index in [1.807, 2.05) is 0 Å². The Morgan fingerprint density at radius 3 is 2.36 bits per heavy atom. The number of methoxy groups -OCH3 is 2. The summed E-state index contributed by atoms with van der Waals surface area (Å²) in [5.41, 5.74) is -1.56. The van der Waals surface area contributed by atoms with Gasteiger partial charge in [-0.2, -0.15) is 4.99 Å². The molecule has 0 aliphatic heterocycles. The van der Waals surface area contributed by atoms with E-state index in [0.29, 0.717) is 0 Å². The molecule has 0 bridgehead atoms. The van der Waals surface area contributed by atoms with Gasteiger partial charge in [0.2, 0.25) is 6.08 Å². The molecule has 0 amide bonds. The lowest BCUT2D eigenvalue weighted by molar-refractivity contribution is -0.162. The zero-order valence-corrected chi connectivity index (χ0v) is 6.58. The molecule has 0 aromatic heterocycles. The van der Waals surface area contributed by atoms with Crippen LogP contribution in [0.15, 0.2) is 4.99 Å². The zero-order valence-electron chi connectivity index (χ0n) is 6.58. The first-order valence-electron chi connectivity index (χ1n) is 2.83. The molecule has 0 spiro atoms. The Morgan fingerprint density at radius 1 is 1.55 bits per heavy atom. The van der Waals surface area contributed by atoms with Crippen LogP contribution in [0.5, 0.6) is 0 Å². The van der Waals surface area contributed by atoms with Gasteiger partial charge in [0.15, 0.2) is 0 Å². The van der Waals surface area contributed by atoms with E-state index in [9.17, 15) is 9.59 Å². The van der Waals surface area contributed by atoms with Crippen LogP contribution in [0.4, 0.5) is 0 Å². The predicted octanol–water partition coefficient (Wildman–Crippen LogP) is -0.142. The van der Waals surface area contributed by atoms with Gasteiger partial charge in [-0.25, -0.2) is 9.59 Å². The Hall–Kier alpha value is -1.19. The molecule has 0 unspecified atom stereocenters. The molecule has 0 saturated carbocycles. The molecule has 0 N–H and O–H groups in total. The molecule has 5 nitrogen and oxygen atoms in total.